The van der Waals surface area contributed by atoms with Gasteiger partial charge < -0.3 is 24.4 Å². The van der Waals surface area contributed by atoms with Crippen LogP contribution in [0.4, 0.5) is 0 Å². The van der Waals surface area contributed by atoms with Gasteiger partial charge in [0.05, 0.1) is 13.2 Å². The van der Waals surface area contributed by atoms with Crippen LogP contribution in [0, 0.1) is 0 Å². The zero-order valence-corrected chi connectivity index (χ0v) is 9.47. The molecule has 1 fully saturated rings. The van der Waals surface area contributed by atoms with Gasteiger partial charge in [-0.3, -0.25) is 0 Å². The lowest BCUT2D eigenvalue weighted by atomic mass is 10.3. The molecule has 0 radical (unpaired) electrons. The van der Waals surface area contributed by atoms with Crippen molar-refractivity contribution < 1.29 is 24.4 Å². The highest BCUT2D eigenvalue weighted by molar-refractivity contribution is 4.74. The van der Waals surface area contributed by atoms with Crippen LogP contribution in [-0.4, -0.2) is 47.7 Å². The lowest BCUT2D eigenvalue weighted by Gasteiger charge is -2.18. The molecule has 0 saturated carbocycles. The second-order valence-electron chi connectivity index (χ2n) is 4.12. The van der Waals surface area contributed by atoms with Crippen molar-refractivity contribution in [3.05, 3.63) is 0 Å². The average molecular weight is 220 g/mol. The molecule has 0 aromatic rings. The fourth-order valence-electron chi connectivity index (χ4n) is 1.48. The number of rotatable bonds is 5. The fourth-order valence-corrected chi connectivity index (χ4v) is 1.48. The lowest BCUT2D eigenvalue weighted by molar-refractivity contribution is -0.197. The summed E-state index contributed by atoms with van der Waals surface area (Å²) in [6.07, 6.45) is -0.671. The van der Waals surface area contributed by atoms with Gasteiger partial charge in [-0.1, -0.05) is 6.92 Å². The summed E-state index contributed by atoms with van der Waals surface area (Å²) in [5, 5.41) is 17.8. The second-order valence-corrected chi connectivity index (χ2v) is 4.12. The van der Waals surface area contributed by atoms with E-state index in [-0.39, 0.29) is 19.3 Å². The SMILES string of the molecule is CC[C@H]1OC(C)(C)OC1OCC(O)CO. The van der Waals surface area contributed by atoms with E-state index in [1.165, 1.54) is 0 Å². The molecule has 0 aromatic carbocycles. The molecule has 5 heteroatoms. The summed E-state index contributed by atoms with van der Waals surface area (Å²) < 4.78 is 16.4. The van der Waals surface area contributed by atoms with Crippen molar-refractivity contribution in [3.63, 3.8) is 0 Å². The van der Waals surface area contributed by atoms with Gasteiger partial charge in [-0.15, -0.1) is 0 Å². The molecule has 1 aliphatic rings. The molecule has 0 bridgehead atoms. The van der Waals surface area contributed by atoms with Crippen LogP contribution < -0.4 is 0 Å². The smallest absolute Gasteiger partial charge is 0.187 e. The molecule has 5 nitrogen and oxygen atoms in total. The Kier molecular flexibility index (Phi) is 4.48. The molecule has 1 saturated heterocycles. The van der Waals surface area contributed by atoms with E-state index in [9.17, 15) is 0 Å². The zero-order valence-electron chi connectivity index (χ0n) is 9.47. The number of hydrogen-bond donors (Lipinski definition) is 2. The van der Waals surface area contributed by atoms with Crippen LogP contribution in [0.2, 0.25) is 0 Å². The summed E-state index contributed by atoms with van der Waals surface area (Å²) in [6.45, 7) is 5.36. The molecule has 0 aliphatic carbocycles. The highest BCUT2D eigenvalue weighted by Crippen LogP contribution is 2.30. The summed E-state index contributed by atoms with van der Waals surface area (Å²) in [7, 11) is 0. The van der Waals surface area contributed by atoms with Gasteiger partial charge in [0.1, 0.15) is 12.2 Å². The van der Waals surface area contributed by atoms with Gasteiger partial charge in [0.15, 0.2) is 12.1 Å². The van der Waals surface area contributed by atoms with Gasteiger partial charge in [0.2, 0.25) is 0 Å². The van der Waals surface area contributed by atoms with Crippen molar-refractivity contribution in [2.45, 2.75) is 51.5 Å². The van der Waals surface area contributed by atoms with E-state index >= 15 is 0 Å². The first kappa shape index (κ1) is 12.9. The molecule has 0 aromatic heterocycles. The molecule has 1 heterocycles. The number of ether oxygens (including phenoxy) is 3. The fraction of sp³-hybridized carbons (Fsp3) is 1.00. The number of aliphatic hydroxyl groups excluding tert-OH is 2. The maximum absolute atomic E-state index is 9.14. The molecule has 1 rings (SSSR count). The van der Waals surface area contributed by atoms with Gasteiger partial charge in [-0.25, -0.2) is 0 Å². The van der Waals surface area contributed by atoms with Crippen LogP contribution in [0.1, 0.15) is 27.2 Å². The summed E-state index contributed by atoms with van der Waals surface area (Å²) in [6, 6.07) is 0. The van der Waals surface area contributed by atoms with Crippen LogP contribution >= 0.6 is 0 Å². The van der Waals surface area contributed by atoms with Crippen LogP contribution in [0.15, 0.2) is 0 Å². The molecule has 2 unspecified atom stereocenters. The first-order chi connectivity index (χ1) is 6.98. The zero-order chi connectivity index (χ0) is 11.5. The van der Waals surface area contributed by atoms with Crippen LogP contribution in [0.5, 0.6) is 0 Å². The Morgan fingerprint density at radius 2 is 2.07 bits per heavy atom. The standard InChI is InChI=1S/C10H20O5/c1-4-8-9(13-6-7(12)5-11)15-10(2,3)14-8/h7-9,11-12H,4-6H2,1-3H3/t7?,8-,9?/m1/s1. The number of aliphatic hydroxyl groups is 2. The first-order valence-electron chi connectivity index (χ1n) is 5.24. The Morgan fingerprint density at radius 1 is 1.40 bits per heavy atom. The normalized spacial score (nSPS) is 31.8. The molecule has 2 N–H and O–H groups in total. The highest BCUT2D eigenvalue weighted by atomic mass is 16.8. The van der Waals surface area contributed by atoms with E-state index < -0.39 is 18.2 Å². The van der Waals surface area contributed by atoms with Crippen molar-refractivity contribution in [1.82, 2.24) is 0 Å². The van der Waals surface area contributed by atoms with Crippen molar-refractivity contribution in [2.75, 3.05) is 13.2 Å². The van der Waals surface area contributed by atoms with Crippen molar-refractivity contribution in [3.8, 4) is 0 Å². The van der Waals surface area contributed by atoms with Crippen LogP contribution in [0.25, 0.3) is 0 Å². The Hall–Kier alpha value is -0.200. The third-order valence-corrected chi connectivity index (χ3v) is 2.20. The van der Waals surface area contributed by atoms with E-state index in [1.807, 2.05) is 20.8 Å². The van der Waals surface area contributed by atoms with Crippen LogP contribution in [-0.2, 0) is 14.2 Å². The first-order valence-corrected chi connectivity index (χ1v) is 5.24. The van der Waals surface area contributed by atoms with Crippen LogP contribution in [0.3, 0.4) is 0 Å². The third-order valence-electron chi connectivity index (χ3n) is 2.20. The predicted octanol–water partition coefficient (Wildman–Crippen LogP) is 0.244. The van der Waals surface area contributed by atoms with Gasteiger partial charge in [0.25, 0.3) is 0 Å². The number of hydrogen-bond acceptors (Lipinski definition) is 5. The van der Waals surface area contributed by atoms with Gasteiger partial charge in [-0.2, -0.15) is 0 Å². The van der Waals surface area contributed by atoms with Crippen molar-refractivity contribution in [1.29, 1.82) is 0 Å². The highest BCUT2D eigenvalue weighted by Gasteiger charge is 2.41. The van der Waals surface area contributed by atoms with E-state index in [2.05, 4.69) is 0 Å². The summed E-state index contributed by atoms with van der Waals surface area (Å²) in [4.78, 5) is 0. The minimum Gasteiger partial charge on any atom is -0.394 e. The Bertz CT molecular complexity index is 194. The second kappa shape index (κ2) is 5.23. The topological polar surface area (TPSA) is 68.2 Å². The molecule has 1 aliphatic heterocycles. The summed E-state index contributed by atoms with van der Waals surface area (Å²) in [5.41, 5.74) is 0. The van der Waals surface area contributed by atoms with Gasteiger partial charge in [0, 0.05) is 0 Å². The van der Waals surface area contributed by atoms with E-state index in [0.717, 1.165) is 6.42 Å². The van der Waals surface area contributed by atoms with E-state index in [1.54, 1.807) is 0 Å². The Morgan fingerprint density at radius 3 is 2.60 bits per heavy atom. The molecule has 15 heavy (non-hydrogen) atoms. The third kappa shape index (κ3) is 3.70. The molecular weight excluding hydrogens is 200 g/mol. The van der Waals surface area contributed by atoms with Gasteiger partial charge in [-0.05, 0) is 20.3 Å². The largest absolute Gasteiger partial charge is 0.394 e. The Labute approximate surface area is 89.9 Å². The Balaban J connectivity index is 2.40. The molecule has 0 amide bonds. The van der Waals surface area contributed by atoms with Gasteiger partial charge >= 0.3 is 0 Å². The maximum atomic E-state index is 9.14. The van der Waals surface area contributed by atoms with Crippen molar-refractivity contribution >= 4 is 0 Å². The summed E-state index contributed by atoms with van der Waals surface area (Å²) >= 11 is 0. The summed E-state index contributed by atoms with van der Waals surface area (Å²) in [5.74, 6) is -0.643. The minimum atomic E-state index is -0.866. The van der Waals surface area contributed by atoms with E-state index in [4.69, 9.17) is 24.4 Å². The molecular formula is C10H20O5. The monoisotopic (exact) mass is 220 g/mol. The lowest BCUT2D eigenvalue weighted by Crippen LogP contribution is -2.30. The molecule has 3 atom stereocenters. The van der Waals surface area contributed by atoms with Crippen molar-refractivity contribution in [2.24, 2.45) is 0 Å². The quantitative estimate of drug-likeness (QED) is 0.695. The van der Waals surface area contributed by atoms with E-state index in [0.29, 0.717) is 0 Å². The predicted molar refractivity (Wildman–Crippen MR) is 53.2 cm³/mol. The molecule has 0 spiro atoms. The average Bonchev–Trinajstić information content (AvgIpc) is 2.49. The maximum Gasteiger partial charge on any atom is 0.187 e. The molecule has 90 valence electrons. The minimum absolute atomic E-state index is 0.0527.